The van der Waals surface area contributed by atoms with E-state index in [9.17, 15) is 0 Å². The molecule has 0 radical (unpaired) electrons. The van der Waals surface area contributed by atoms with Crippen LogP contribution in [0.4, 0.5) is 0 Å². The third-order valence-corrected chi connectivity index (χ3v) is 5.29. The third kappa shape index (κ3) is 11.7. The highest BCUT2D eigenvalue weighted by molar-refractivity contribution is 7.07. The fourth-order valence-electron chi connectivity index (χ4n) is 2.77. The lowest BCUT2D eigenvalue weighted by atomic mass is 9.98. The second kappa shape index (κ2) is 13.7. The van der Waals surface area contributed by atoms with Gasteiger partial charge in [0.1, 0.15) is 12.4 Å². The van der Waals surface area contributed by atoms with E-state index in [4.69, 9.17) is 9.47 Å². The van der Waals surface area contributed by atoms with Gasteiger partial charge in [0.25, 0.3) is 0 Å². The number of halogens is 1. The van der Waals surface area contributed by atoms with Gasteiger partial charge in [0.05, 0.1) is 12.2 Å². The maximum Gasteiger partial charge on any atom is 0.119 e. The molecule has 0 atom stereocenters. The Kier molecular flexibility index (Phi) is 12.1. The van der Waals surface area contributed by atoms with Crippen LogP contribution in [0, 0.1) is 17.3 Å². The van der Waals surface area contributed by atoms with Crippen molar-refractivity contribution in [1.29, 1.82) is 0 Å². The quantitative estimate of drug-likeness (QED) is 0.327. The normalized spacial score (nSPS) is 11.8. The average molecular weight is 476 g/mol. The maximum atomic E-state index is 6.07. The van der Waals surface area contributed by atoms with E-state index in [1.807, 2.05) is 12.1 Å². The van der Waals surface area contributed by atoms with Gasteiger partial charge in [-0.25, -0.2) is 0 Å². The molecule has 3 nitrogen and oxygen atoms in total. The Morgan fingerprint density at radius 2 is 1.88 bits per heavy atom. The number of allylic oxidation sites excluding steroid dienone is 1. The fourth-order valence-corrected chi connectivity index (χ4v) is 3.42. The number of ether oxygens (including phenoxy) is 2. The minimum absolute atomic E-state index is 0. The average Bonchev–Trinajstić information content (AvgIpc) is 3.23. The highest BCUT2D eigenvalue weighted by Crippen LogP contribution is 2.20. The summed E-state index contributed by atoms with van der Waals surface area (Å²) in [5, 5.41) is 4.19. The summed E-state index contributed by atoms with van der Waals surface area (Å²) in [6.45, 7) is 16.5. The van der Waals surface area contributed by atoms with E-state index >= 15 is 0 Å². The number of hydrogen-bond donors (Lipinski definition) is 0. The standard InChI is InChI=1S/C27H37NO2S.ClH/c1-7-28(16-10-8-9-15-26(2,3)4)19-23-12-11-13-25(18-23)29-22-27(5,6)30-20-24-14-17-31-21-24;/h8,10-14,17-18,21H,7,16,19-20,22H2,1-6H3;1H. The molecule has 1 aromatic heterocycles. The lowest BCUT2D eigenvalue weighted by Crippen LogP contribution is -2.32. The highest BCUT2D eigenvalue weighted by atomic mass is 35.5. The number of likely N-dealkylation sites (N-methyl/N-ethyl adjacent to an activating group) is 1. The van der Waals surface area contributed by atoms with E-state index in [-0.39, 0.29) is 23.4 Å². The molecule has 0 N–H and O–H groups in total. The predicted molar refractivity (Wildman–Crippen MR) is 140 cm³/mol. The Labute approximate surface area is 205 Å². The van der Waals surface area contributed by atoms with Crippen molar-refractivity contribution < 1.29 is 9.47 Å². The molecule has 2 rings (SSSR count). The van der Waals surface area contributed by atoms with Crippen molar-refractivity contribution in [1.82, 2.24) is 4.90 Å². The monoisotopic (exact) mass is 475 g/mol. The number of thiophene rings is 1. The number of rotatable bonds is 11. The van der Waals surface area contributed by atoms with Crippen molar-refractivity contribution in [3.05, 3.63) is 64.4 Å². The van der Waals surface area contributed by atoms with Gasteiger partial charge in [-0.05, 0) is 87.3 Å². The van der Waals surface area contributed by atoms with Gasteiger partial charge >= 0.3 is 0 Å². The van der Waals surface area contributed by atoms with E-state index in [1.165, 1.54) is 11.1 Å². The largest absolute Gasteiger partial charge is 0.491 e. The SMILES string of the molecule is CCN(CC=CC#CC(C)(C)C)Cc1cccc(OCC(C)(C)OCc2ccsc2)c1.Cl. The predicted octanol–water partition coefficient (Wildman–Crippen LogP) is 6.97. The maximum absolute atomic E-state index is 6.07. The third-order valence-electron chi connectivity index (χ3n) is 4.56. The van der Waals surface area contributed by atoms with Crippen LogP contribution in [-0.4, -0.2) is 30.2 Å². The Morgan fingerprint density at radius 1 is 1.09 bits per heavy atom. The summed E-state index contributed by atoms with van der Waals surface area (Å²) in [7, 11) is 0. The summed E-state index contributed by atoms with van der Waals surface area (Å²) in [4.78, 5) is 2.38. The topological polar surface area (TPSA) is 21.7 Å². The van der Waals surface area contributed by atoms with Crippen LogP contribution < -0.4 is 4.74 Å². The van der Waals surface area contributed by atoms with Gasteiger partial charge in [0, 0.05) is 18.5 Å². The van der Waals surface area contributed by atoms with Crippen LogP contribution in [0.15, 0.2) is 53.2 Å². The summed E-state index contributed by atoms with van der Waals surface area (Å²) in [6, 6.07) is 10.4. The van der Waals surface area contributed by atoms with E-state index in [2.05, 4.69) is 99.4 Å². The first-order valence-electron chi connectivity index (χ1n) is 10.9. The number of benzene rings is 1. The van der Waals surface area contributed by atoms with Crippen molar-refractivity contribution in [2.45, 2.75) is 60.3 Å². The van der Waals surface area contributed by atoms with Gasteiger partial charge in [0.15, 0.2) is 0 Å². The molecule has 1 heterocycles. The van der Waals surface area contributed by atoms with Crippen LogP contribution in [0.1, 0.15) is 52.7 Å². The van der Waals surface area contributed by atoms with Crippen LogP contribution in [0.3, 0.4) is 0 Å². The van der Waals surface area contributed by atoms with Crippen LogP contribution in [0.2, 0.25) is 0 Å². The fraction of sp³-hybridized carbons (Fsp3) is 0.481. The molecule has 0 aliphatic rings. The molecule has 0 amide bonds. The summed E-state index contributed by atoms with van der Waals surface area (Å²) in [5.74, 6) is 7.25. The molecule has 0 fully saturated rings. The lowest BCUT2D eigenvalue weighted by Gasteiger charge is -2.25. The zero-order chi connectivity index (χ0) is 22.7. The molecular formula is C27H38ClNO2S. The zero-order valence-corrected chi connectivity index (χ0v) is 21.9. The van der Waals surface area contributed by atoms with Gasteiger partial charge in [-0.1, -0.05) is 37.0 Å². The summed E-state index contributed by atoms with van der Waals surface area (Å²) >= 11 is 1.69. The summed E-state index contributed by atoms with van der Waals surface area (Å²) < 4.78 is 12.1. The molecule has 176 valence electrons. The van der Waals surface area contributed by atoms with Crippen LogP contribution in [-0.2, 0) is 17.9 Å². The Balaban J connectivity index is 0.00000512. The highest BCUT2D eigenvalue weighted by Gasteiger charge is 2.20. The molecule has 0 saturated heterocycles. The lowest BCUT2D eigenvalue weighted by molar-refractivity contribution is -0.0568. The molecule has 0 aliphatic carbocycles. The van der Waals surface area contributed by atoms with Crippen molar-refractivity contribution in [2.24, 2.45) is 5.41 Å². The first kappa shape index (κ1) is 28.3. The van der Waals surface area contributed by atoms with Gasteiger partial charge in [-0.3, -0.25) is 4.90 Å². The Bertz CT molecular complexity index is 873. The van der Waals surface area contributed by atoms with Crippen molar-refractivity contribution >= 4 is 23.7 Å². The molecule has 1 aromatic carbocycles. The van der Waals surface area contributed by atoms with Crippen molar-refractivity contribution in [3.8, 4) is 17.6 Å². The van der Waals surface area contributed by atoms with E-state index in [1.54, 1.807) is 11.3 Å². The smallest absolute Gasteiger partial charge is 0.119 e. The molecule has 32 heavy (non-hydrogen) atoms. The van der Waals surface area contributed by atoms with Crippen LogP contribution in [0.5, 0.6) is 5.75 Å². The van der Waals surface area contributed by atoms with Gasteiger partial charge < -0.3 is 9.47 Å². The van der Waals surface area contributed by atoms with E-state index < -0.39 is 0 Å². The molecule has 0 unspecified atom stereocenters. The molecule has 5 heteroatoms. The second-order valence-electron chi connectivity index (χ2n) is 9.37. The molecule has 2 aromatic rings. The van der Waals surface area contributed by atoms with Gasteiger partial charge in [-0.15, -0.1) is 12.4 Å². The molecule has 0 saturated carbocycles. The van der Waals surface area contributed by atoms with Crippen LogP contribution in [0.25, 0.3) is 0 Å². The molecular weight excluding hydrogens is 438 g/mol. The number of nitrogens with zero attached hydrogens (tertiary/aromatic N) is 1. The summed E-state index contributed by atoms with van der Waals surface area (Å²) in [6.07, 6.45) is 4.10. The molecule has 0 aliphatic heterocycles. The Hall–Kier alpha value is -1.77. The Morgan fingerprint density at radius 3 is 2.53 bits per heavy atom. The minimum Gasteiger partial charge on any atom is -0.491 e. The summed E-state index contributed by atoms with van der Waals surface area (Å²) in [5.41, 5.74) is 2.13. The minimum atomic E-state index is -0.355. The van der Waals surface area contributed by atoms with Crippen molar-refractivity contribution in [3.63, 3.8) is 0 Å². The van der Waals surface area contributed by atoms with Crippen LogP contribution >= 0.6 is 23.7 Å². The van der Waals surface area contributed by atoms with E-state index in [0.29, 0.717) is 13.2 Å². The van der Waals surface area contributed by atoms with Gasteiger partial charge in [-0.2, -0.15) is 11.3 Å². The second-order valence-corrected chi connectivity index (χ2v) is 10.1. The number of hydrogen-bond acceptors (Lipinski definition) is 4. The van der Waals surface area contributed by atoms with E-state index in [0.717, 1.165) is 25.4 Å². The molecule has 0 bridgehead atoms. The van der Waals surface area contributed by atoms with Crippen molar-refractivity contribution in [2.75, 3.05) is 19.7 Å². The van der Waals surface area contributed by atoms with Gasteiger partial charge in [0.2, 0.25) is 0 Å². The first-order valence-corrected chi connectivity index (χ1v) is 11.9. The first-order chi connectivity index (χ1) is 14.7. The zero-order valence-electron chi connectivity index (χ0n) is 20.3. The molecule has 0 spiro atoms.